The van der Waals surface area contributed by atoms with Crippen molar-refractivity contribution in [3.8, 4) is 0 Å². The van der Waals surface area contributed by atoms with Crippen molar-refractivity contribution in [3.05, 3.63) is 0 Å². The number of hydrogen-bond acceptors (Lipinski definition) is 3. The molecule has 0 aliphatic rings. The Labute approximate surface area is 64.6 Å². The average molecular weight is 175 g/mol. The SMILES string of the molecule is C[Si](C)(C)O[SiH2]CN=C=O. The molecular formula is C5H13NO2Si2. The molecule has 0 aromatic carbocycles. The molecule has 0 aromatic heterocycles. The highest BCUT2D eigenvalue weighted by atomic mass is 28.4. The summed E-state index contributed by atoms with van der Waals surface area (Å²) >= 11 is 0. The third-order valence-electron chi connectivity index (χ3n) is 0.803. The van der Waals surface area contributed by atoms with Crippen molar-refractivity contribution < 1.29 is 8.91 Å². The first-order chi connectivity index (χ1) is 4.56. The molecule has 0 aromatic rings. The first-order valence-corrected chi connectivity index (χ1v) is 8.22. The molecule has 0 radical (unpaired) electrons. The Morgan fingerprint density at radius 1 is 1.60 bits per heavy atom. The zero-order chi connectivity index (χ0) is 8.04. The summed E-state index contributed by atoms with van der Waals surface area (Å²) in [4.78, 5) is 13.0. The molecule has 0 saturated carbocycles. The Bertz CT molecular complexity index is 137. The Balaban J connectivity index is 3.28. The van der Waals surface area contributed by atoms with Gasteiger partial charge in [0.05, 0.1) is 6.17 Å². The van der Waals surface area contributed by atoms with Gasteiger partial charge >= 0.3 is 0 Å². The lowest BCUT2D eigenvalue weighted by Gasteiger charge is -2.15. The minimum atomic E-state index is -1.34. The number of nitrogens with zero attached hydrogens (tertiary/aromatic N) is 1. The third kappa shape index (κ3) is 7.77. The van der Waals surface area contributed by atoms with Gasteiger partial charge in [-0.15, -0.1) is 0 Å². The lowest BCUT2D eigenvalue weighted by molar-refractivity contribution is 0.562. The largest absolute Gasteiger partial charge is 0.459 e. The van der Waals surface area contributed by atoms with Gasteiger partial charge in [0, 0.05) is 0 Å². The van der Waals surface area contributed by atoms with Crippen LogP contribution in [-0.2, 0) is 8.91 Å². The summed E-state index contributed by atoms with van der Waals surface area (Å²) in [5, 5.41) is 0. The van der Waals surface area contributed by atoms with E-state index in [1.54, 1.807) is 0 Å². The van der Waals surface area contributed by atoms with Crippen molar-refractivity contribution in [3.63, 3.8) is 0 Å². The minimum absolute atomic E-state index is 0.571. The summed E-state index contributed by atoms with van der Waals surface area (Å²) in [6.45, 7) is 6.39. The Morgan fingerprint density at radius 3 is 2.60 bits per heavy atom. The van der Waals surface area contributed by atoms with E-state index < -0.39 is 18.1 Å². The number of carbonyl (C=O) groups excluding carboxylic acids is 1. The van der Waals surface area contributed by atoms with E-state index in [0.29, 0.717) is 6.17 Å². The summed E-state index contributed by atoms with van der Waals surface area (Å²) in [5.74, 6) is 0. The van der Waals surface area contributed by atoms with E-state index in [4.69, 9.17) is 4.12 Å². The minimum Gasteiger partial charge on any atom is -0.459 e. The maximum absolute atomic E-state index is 9.62. The molecule has 5 heteroatoms. The van der Waals surface area contributed by atoms with Gasteiger partial charge in [0.25, 0.3) is 0 Å². The highest BCUT2D eigenvalue weighted by Crippen LogP contribution is 1.99. The molecule has 0 N–H and O–H groups in total. The fourth-order valence-corrected chi connectivity index (χ4v) is 3.44. The number of rotatable bonds is 4. The predicted octanol–water partition coefficient (Wildman–Crippen LogP) is 0.215. The van der Waals surface area contributed by atoms with Crippen LogP contribution in [-0.4, -0.2) is 30.3 Å². The molecule has 10 heavy (non-hydrogen) atoms. The van der Waals surface area contributed by atoms with E-state index in [2.05, 4.69) is 24.6 Å². The van der Waals surface area contributed by atoms with E-state index in [1.807, 2.05) is 0 Å². The van der Waals surface area contributed by atoms with Crippen LogP contribution in [0.25, 0.3) is 0 Å². The van der Waals surface area contributed by atoms with Crippen LogP contribution in [0, 0.1) is 0 Å². The van der Waals surface area contributed by atoms with Crippen molar-refractivity contribution in [2.45, 2.75) is 19.6 Å². The molecule has 0 atom stereocenters. The average Bonchev–Trinajstić information content (AvgIpc) is 1.78. The van der Waals surface area contributed by atoms with Gasteiger partial charge in [-0.1, -0.05) is 0 Å². The van der Waals surface area contributed by atoms with Gasteiger partial charge in [-0.3, -0.25) is 0 Å². The first kappa shape index (κ1) is 9.77. The van der Waals surface area contributed by atoms with Crippen molar-refractivity contribution in [2.24, 2.45) is 4.99 Å². The molecule has 0 unspecified atom stereocenters. The monoisotopic (exact) mass is 175 g/mol. The topological polar surface area (TPSA) is 38.7 Å². The van der Waals surface area contributed by atoms with Gasteiger partial charge in [-0.2, -0.15) is 0 Å². The predicted molar refractivity (Wildman–Crippen MR) is 46.0 cm³/mol. The van der Waals surface area contributed by atoms with Crippen LogP contribution in [0.4, 0.5) is 0 Å². The second-order valence-corrected chi connectivity index (χ2v) is 9.17. The molecule has 0 amide bonds. The smallest absolute Gasteiger partial charge is 0.234 e. The van der Waals surface area contributed by atoms with Crippen molar-refractivity contribution in [2.75, 3.05) is 6.17 Å². The molecule has 0 fully saturated rings. The molecule has 0 rings (SSSR count). The quantitative estimate of drug-likeness (QED) is 0.265. The fourth-order valence-electron chi connectivity index (χ4n) is 0.443. The lowest BCUT2D eigenvalue weighted by atomic mass is 11.4. The molecule has 3 nitrogen and oxygen atoms in total. The summed E-state index contributed by atoms with van der Waals surface area (Å²) in [6, 6.07) is 0. The van der Waals surface area contributed by atoms with Crippen LogP contribution < -0.4 is 0 Å². The summed E-state index contributed by atoms with van der Waals surface area (Å²) in [7, 11) is -1.91. The van der Waals surface area contributed by atoms with Gasteiger partial charge < -0.3 is 4.12 Å². The summed E-state index contributed by atoms with van der Waals surface area (Å²) in [5.41, 5.74) is 0. The second kappa shape index (κ2) is 4.57. The molecule has 0 saturated heterocycles. The standard InChI is InChI=1S/C5H13NO2Si2/c1-10(2,3)8-9-5-6-4-7/h5,9H2,1-3H3. The van der Waals surface area contributed by atoms with E-state index >= 15 is 0 Å². The van der Waals surface area contributed by atoms with Gasteiger partial charge in [0.15, 0.2) is 18.1 Å². The normalized spacial score (nSPS) is 11.9. The zero-order valence-corrected chi connectivity index (χ0v) is 9.09. The number of hydrogen-bond donors (Lipinski definition) is 0. The second-order valence-electron chi connectivity index (χ2n) is 2.93. The molecule has 0 aliphatic heterocycles. The van der Waals surface area contributed by atoms with E-state index in [-0.39, 0.29) is 0 Å². The maximum Gasteiger partial charge on any atom is 0.234 e. The highest BCUT2D eigenvalue weighted by Gasteiger charge is 2.12. The Kier molecular flexibility index (Phi) is 4.46. The zero-order valence-electron chi connectivity index (χ0n) is 6.68. The van der Waals surface area contributed by atoms with Gasteiger partial charge in [0.2, 0.25) is 6.08 Å². The van der Waals surface area contributed by atoms with Crippen LogP contribution in [0.1, 0.15) is 0 Å². The van der Waals surface area contributed by atoms with E-state index in [0.717, 1.165) is 0 Å². The molecule has 0 spiro atoms. The van der Waals surface area contributed by atoms with E-state index in [9.17, 15) is 4.79 Å². The van der Waals surface area contributed by atoms with Crippen LogP contribution in [0.15, 0.2) is 4.99 Å². The lowest BCUT2D eigenvalue weighted by Crippen LogP contribution is -2.28. The number of aliphatic imine (C=N–C) groups is 1. The molecule has 0 heterocycles. The van der Waals surface area contributed by atoms with Crippen LogP contribution >= 0.6 is 0 Å². The van der Waals surface area contributed by atoms with Crippen molar-refractivity contribution >= 4 is 24.2 Å². The molecule has 0 bridgehead atoms. The number of isocyanates is 1. The Hall–Kier alpha value is -0.226. The fraction of sp³-hybridized carbons (Fsp3) is 0.800. The van der Waals surface area contributed by atoms with Crippen LogP contribution in [0.2, 0.25) is 19.6 Å². The molecule has 58 valence electrons. The summed E-state index contributed by atoms with van der Waals surface area (Å²) < 4.78 is 5.54. The van der Waals surface area contributed by atoms with Crippen molar-refractivity contribution in [1.29, 1.82) is 0 Å². The first-order valence-electron chi connectivity index (χ1n) is 3.24. The van der Waals surface area contributed by atoms with Crippen LogP contribution in [0.5, 0.6) is 0 Å². The highest BCUT2D eigenvalue weighted by molar-refractivity contribution is 6.73. The maximum atomic E-state index is 9.62. The van der Waals surface area contributed by atoms with Gasteiger partial charge in [-0.05, 0) is 19.6 Å². The third-order valence-corrected chi connectivity index (χ3v) is 5.49. The Morgan fingerprint density at radius 2 is 2.20 bits per heavy atom. The van der Waals surface area contributed by atoms with Crippen LogP contribution in [0.3, 0.4) is 0 Å². The van der Waals surface area contributed by atoms with Crippen molar-refractivity contribution in [1.82, 2.24) is 0 Å². The summed E-state index contributed by atoms with van der Waals surface area (Å²) in [6.07, 6.45) is 2.08. The molecular weight excluding hydrogens is 162 g/mol. The molecule has 0 aliphatic carbocycles. The van der Waals surface area contributed by atoms with Gasteiger partial charge in [-0.25, -0.2) is 9.79 Å². The van der Waals surface area contributed by atoms with E-state index in [1.165, 1.54) is 6.08 Å². The van der Waals surface area contributed by atoms with Gasteiger partial charge in [0.1, 0.15) is 0 Å².